The van der Waals surface area contributed by atoms with Gasteiger partial charge in [0.2, 0.25) is 0 Å². The van der Waals surface area contributed by atoms with Crippen molar-refractivity contribution in [1.29, 1.82) is 0 Å². The summed E-state index contributed by atoms with van der Waals surface area (Å²) < 4.78 is 2.45. The number of hydrogen-bond acceptors (Lipinski definition) is 1. The van der Waals surface area contributed by atoms with Crippen molar-refractivity contribution < 1.29 is 0 Å². The second-order valence-electron chi connectivity index (χ2n) is 16.6. The van der Waals surface area contributed by atoms with Gasteiger partial charge in [0, 0.05) is 38.9 Å². The molecule has 0 radical (unpaired) electrons. The van der Waals surface area contributed by atoms with Gasteiger partial charge in [-0.2, -0.15) is 0 Å². The minimum Gasteiger partial charge on any atom is -0.310 e. The Labute approximate surface area is 373 Å². The maximum absolute atomic E-state index is 2.45. The Morgan fingerprint density at radius 3 is 1.48 bits per heavy atom. The highest BCUT2D eigenvalue weighted by Gasteiger charge is 2.21. The van der Waals surface area contributed by atoms with Crippen molar-refractivity contribution in [2.45, 2.75) is 0 Å². The molecule has 1 heterocycles. The number of benzene rings is 11. The Kier molecular flexibility index (Phi) is 9.20. The Bertz CT molecular complexity index is 3590. The highest BCUT2D eigenvalue weighted by atomic mass is 15.1. The minimum atomic E-state index is 1.09. The van der Waals surface area contributed by atoms with Crippen LogP contribution in [0, 0.1) is 0 Å². The summed E-state index contributed by atoms with van der Waals surface area (Å²) in [6.45, 7) is 0. The molecule has 0 unspecified atom stereocenters. The van der Waals surface area contributed by atoms with Crippen molar-refractivity contribution in [2.24, 2.45) is 0 Å². The highest BCUT2D eigenvalue weighted by Crippen LogP contribution is 2.45. The molecule has 0 aliphatic rings. The smallest absolute Gasteiger partial charge is 0.0625 e. The lowest BCUT2D eigenvalue weighted by atomic mass is 9.93. The predicted octanol–water partition coefficient (Wildman–Crippen LogP) is 17.2. The average molecular weight is 815 g/mol. The monoisotopic (exact) mass is 814 g/mol. The number of hydrogen-bond donors (Lipinski definition) is 0. The van der Waals surface area contributed by atoms with E-state index in [4.69, 9.17) is 0 Å². The van der Waals surface area contributed by atoms with E-state index in [9.17, 15) is 0 Å². The molecular formula is C62H42N2. The van der Waals surface area contributed by atoms with Crippen LogP contribution >= 0.6 is 0 Å². The second-order valence-corrected chi connectivity index (χ2v) is 16.6. The second kappa shape index (κ2) is 15.8. The van der Waals surface area contributed by atoms with Gasteiger partial charge in [0.05, 0.1) is 11.0 Å². The van der Waals surface area contributed by atoms with Crippen LogP contribution in [0.25, 0.3) is 93.5 Å². The third-order valence-electron chi connectivity index (χ3n) is 12.7. The Hall–Kier alpha value is -8.46. The Balaban J connectivity index is 1.03. The topological polar surface area (TPSA) is 8.17 Å². The summed E-state index contributed by atoms with van der Waals surface area (Å²) in [5.74, 6) is 0. The molecule has 0 aliphatic heterocycles. The zero-order valence-electron chi connectivity index (χ0n) is 35.1. The molecule has 12 aromatic rings. The maximum atomic E-state index is 2.45. The van der Waals surface area contributed by atoms with Crippen LogP contribution in [0.15, 0.2) is 255 Å². The maximum Gasteiger partial charge on any atom is 0.0625 e. The van der Waals surface area contributed by atoms with Crippen LogP contribution in [0.2, 0.25) is 0 Å². The van der Waals surface area contributed by atoms with Crippen molar-refractivity contribution in [1.82, 2.24) is 4.57 Å². The SMILES string of the molecule is c1ccc(-c2cc(-c3ccccc3)cc(-c3ccc(N(c4cccc(-c5cc6ccccc6c6c5c5ccccc5n6-c5ccccc5)c4)c4ccc5ccccc5c4)cc3)c2)cc1. The van der Waals surface area contributed by atoms with E-state index in [-0.39, 0.29) is 0 Å². The van der Waals surface area contributed by atoms with E-state index >= 15 is 0 Å². The van der Waals surface area contributed by atoms with E-state index in [0.29, 0.717) is 0 Å². The van der Waals surface area contributed by atoms with Gasteiger partial charge in [-0.25, -0.2) is 0 Å². The van der Waals surface area contributed by atoms with Crippen molar-refractivity contribution >= 4 is 60.4 Å². The van der Waals surface area contributed by atoms with Crippen molar-refractivity contribution in [3.05, 3.63) is 255 Å². The molecular weight excluding hydrogens is 773 g/mol. The summed E-state index contributed by atoms with van der Waals surface area (Å²) in [5, 5.41) is 7.36. The normalized spacial score (nSPS) is 11.4. The molecule has 0 N–H and O–H groups in total. The number of nitrogens with zero attached hydrogens (tertiary/aromatic N) is 2. The first-order chi connectivity index (χ1) is 31.7. The molecule has 0 saturated heterocycles. The fraction of sp³-hybridized carbons (Fsp3) is 0. The van der Waals surface area contributed by atoms with Gasteiger partial charge in [-0.05, 0) is 140 Å². The van der Waals surface area contributed by atoms with Crippen molar-refractivity contribution in [3.8, 4) is 50.2 Å². The summed E-state index contributed by atoms with van der Waals surface area (Å²) in [5.41, 5.74) is 16.4. The van der Waals surface area contributed by atoms with Gasteiger partial charge >= 0.3 is 0 Å². The molecule has 2 heteroatoms. The van der Waals surface area contributed by atoms with Gasteiger partial charge in [0.1, 0.15) is 0 Å². The lowest BCUT2D eigenvalue weighted by molar-refractivity contribution is 1.19. The average Bonchev–Trinajstić information content (AvgIpc) is 3.73. The van der Waals surface area contributed by atoms with E-state index in [1.807, 2.05) is 0 Å². The fourth-order valence-corrected chi connectivity index (χ4v) is 9.67. The summed E-state index contributed by atoms with van der Waals surface area (Å²) in [6, 6.07) is 92.7. The first kappa shape index (κ1) is 37.3. The molecule has 12 rings (SSSR count). The summed E-state index contributed by atoms with van der Waals surface area (Å²) in [6.07, 6.45) is 0. The van der Waals surface area contributed by atoms with Gasteiger partial charge in [-0.1, -0.05) is 176 Å². The molecule has 0 bridgehead atoms. The number of anilines is 3. The van der Waals surface area contributed by atoms with Gasteiger partial charge in [-0.3, -0.25) is 0 Å². The molecule has 0 aliphatic carbocycles. The van der Waals surface area contributed by atoms with Crippen LogP contribution in [0.4, 0.5) is 17.1 Å². The molecule has 0 atom stereocenters. The molecule has 0 amide bonds. The molecule has 0 saturated carbocycles. The van der Waals surface area contributed by atoms with E-state index in [0.717, 1.165) is 28.3 Å². The first-order valence-corrected chi connectivity index (χ1v) is 22.0. The third kappa shape index (κ3) is 6.61. The molecule has 0 fully saturated rings. The molecule has 11 aromatic carbocycles. The summed E-state index contributed by atoms with van der Waals surface area (Å²) >= 11 is 0. The van der Waals surface area contributed by atoms with Crippen LogP contribution < -0.4 is 4.90 Å². The lowest BCUT2D eigenvalue weighted by Crippen LogP contribution is -2.10. The predicted molar refractivity (Wildman–Crippen MR) is 272 cm³/mol. The van der Waals surface area contributed by atoms with E-state index in [2.05, 4.69) is 264 Å². The largest absolute Gasteiger partial charge is 0.310 e. The minimum absolute atomic E-state index is 1.09. The number of para-hydroxylation sites is 2. The van der Waals surface area contributed by atoms with E-state index < -0.39 is 0 Å². The molecule has 64 heavy (non-hydrogen) atoms. The number of aromatic nitrogens is 1. The first-order valence-electron chi connectivity index (χ1n) is 22.0. The van der Waals surface area contributed by atoms with Gasteiger partial charge in [-0.15, -0.1) is 0 Å². The lowest BCUT2D eigenvalue weighted by Gasteiger charge is -2.27. The van der Waals surface area contributed by atoms with E-state index in [1.165, 1.54) is 82.3 Å². The molecule has 1 aromatic heterocycles. The van der Waals surface area contributed by atoms with Crippen molar-refractivity contribution in [3.63, 3.8) is 0 Å². The van der Waals surface area contributed by atoms with Crippen LogP contribution in [-0.4, -0.2) is 4.57 Å². The Morgan fingerprint density at radius 2 is 0.797 bits per heavy atom. The highest BCUT2D eigenvalue weighted by molar-refractivity contribution is 6.24. The summed E-state index contributed by atoms with van der Waals surface area (Å²) in [4.78, 5) is 2.40. The fourth-order valence-electron chi connectivity index (χ4n) is 9.67. The quantitative estimate of drug-likeness (QED) is 0.148. The van der Waals surface area contributed by atoms with E-state index in [1.54, 1.807) is 0 Å². The van der Waals surface area contributed by atoms with Crippen LogP contribution in [0.5, 0.6) is 0 Å². The number of rotatable bonds is 8. The van der Waals surface area contributed by atoms with Gasteiger partial charge in [0.25, 0.3) is 0 Å². The van der Waals surface area contributed by atoms with Gasteiger partial charge in [0.15, 0.2) is 0 Å². The van der Waals surface area contributed by atoms with Crippen LogP contribution in [0.1, 0.15) is 0 Å². The zero-order valence-corrected chi connectivity index (χ0v) is 35.1. The summed E-state index contributed by atoms with van der Waals surface area (Å²) in [7, 11) is 0. The Morgan fingerprint density at radius 1 is 0.281 bits per heavy atom. The molecule has 2 nitrogen and oxygen atoms in total. The van der Waals surface area contributed by atoms with Crippen LogP contribution in [-0.2, 0) is 0 Å². The molecule has 300 valence electrons. The third-order valence-corrected chi connectivity index (χ3v) is 12.7. The van der Waals surface area contributed by atoms with Gasteiger partial charge < -0.3 is 9.47 Å². The molecule has 0 spiro atoms. The standard InChI is InChI=1S/C62H42N2/c1-4-17-43(18-5-1)50-37-51(44-19-6-2-7-20-44)39-52(38-50)46-31-34-54(35-32-46)63(56-36-33-45-21-10-11-22-47(45)40-56)55-27-16-24-48(41-55)59-42-49-23-12-13-28-57(49)62-61(59)58-29-14-15-30-60(58)64(62)53-25-8-3-9-26-53/h1-42H. The number of fused-ring (bicyclic) bond motifs is 6. The zero-order chi connectivity index (χ0) is 42.4. The van der Waals surface area contributed by atoms with Crippen molar-refractivity contribution in [2.75, 3.05) is 4.90 Å². The van der Waals surface area contributed by atoms with Crippen LogP contribution in [0.3, 0.4) is 0 Å².